The predicted octanol–water partition coefficient (Wildman–Crippen LogP) is 3.98. The molecule has 0 N–H and O–H groups in total. The molecule has 0 saturated heterocycles. The Morgan fingerprint density at radius 1 is 1.19 bits per heavy atom. The monoisotopic (exact) mass is 340 g/mol. The summed E-state index contributed by atoms with van der Waals surface area (Å²) in [5.41, 5.74) is 2.22. The first-order valence-corrected chi connectivity index (χ1v) is 6.83. The summed E-state index contributed by atoms with van der Waals surface area (Å²) in [6.07, 6.45) is 4.20. The Kier molecular flexibility index (Phi) is 2.48. The Hall–Kier alpha value is -0.880. The number of aromatic nitrogens is 2. The summed E-state index contributed by atoms with van der Waals surface area (Å²) in [4.78, 5) is 6.96. The molecule has 3 rings (SSSR count). The molecule has 0 amide bonds. The molecule has 0 aliphatic carbocycles. The van der Waals surface area contributed by atoms with E-state index < -0.39 is 0 Å². The second-order valence-corrected chi connectivity index (χ2v) is 6.12. The molecule has 1 aromatic carbocycles. The predicted molar refractivity (Wildman–Crippen MR) is 76.0 cm³/mol. The minimum Gasteiger partial charge on any atom is -0.297 e. The van der Waals surface area contributed by atoms with E-state index in [-0.39, 0.29) is 0 Å². The van der Waals surface area contributed by atoms with Crippen molar-refractivity contribution >= 4 is 38.9 Å². The van der Waals surface area contributed by atoms with E-state index in [0.717, 1.165) is 10.7 Å². The van der Waals surface area contributed by atoms with Crippen molar-refractivity contribution in [3.05, 3.63) is 45.1 Å². The van der Waals surface area contributed by atoms with Gasteiger partial charge in [-0.25, -0.2) is 4.98 Å². The smallest absolute Gasteiger partial charge is 0.194 e. The van der Waals surface area contributed by atoms with Crippen molar-refractivity contribution in [1.29, 1.82) is 0 Å². The zero-order valence-electron chi connectivity index (χ0n) is 8.64. The Morgan fingerprint density at radius 3 is 2.62 bits per heavy atom. The maximum Gasteiger partial charge on any atom is 0.194 e. The van der Waals surface area contributed by atoms with Gasteiger partial charge in [0, 0.05) is 26.4 Å². The van der Waals surface area contributed by atoms with Crippen LogP contribution in [0.3, 0.4) is 0 Å². The van der Waals surface area contributed by atoms with Crippen LogP contribution < -0.4 is 0 Å². The quantitative estimate of drug-likeness (QED) is 0.613. The summed E-state index contributed by atoms with van der Waals surface area (Å²) in [6, 6.07) is 8.44. The van der Waals surface area contributed by atoms with Gasteiger partial charge in [-0.2, -0.15) is 0 Å². The van der Waals surface area contributed by atoms with Crippen molar-refractivity contribution < 1.29 is 0 Å². The molecule has 0 aliphatic heterocycles. The summed E-state index contributed by atoms with van der Waals surface area (Å²) in [5.74, 6) is 0. The van der Waals surface area contributed by atoms with E-state index in [1.165, 1.54) is 14.0 Å². The normalized spacial score (nSPS) is 11.1. The maximum absolute atomic E-state index is 4.61. The topological polar surface area (TPSA) is 17.3 Å². The van der Waals surface area contributed by atoms with Gasteiger partial charge in [-0.3, -0.25) is 4.40 Å². The number of hydrogen-bond donors (Lipinski definition) is 0. The number of imidazole rings is 1. The standard InChI is InChI=1S/C12H9IN2S/c1-8-6-15-7-11(14-12(15)16-8)9-2-4-10(13)5-3-9/h2-7H,1H3. The van der Waals surface area contributed by atoms with Crippen LogP contribution in [0.2, 0.25) is 0 Å². The van der Waals surface area contributed by atoms with Crippen molar-refractivity contribution in [2.75, 3.05) is 0 Å². The second-order valence-electron chi connectivity index (χ2n) is 3.66. The fraction of sp³-hybridized carbons (Fsp3) is 0.0833. The van der Waals surface area contributed by atoms with Crippen LogP contribution in [0, 0.1) is 10.5 Å². The first kappa shape index (κ1) is 10.3. The molecule has 0 unspecified atom stereocenters. The fourth-order valence-electron chi connectivity index (χ4n) is 1.67. The van der Waals surface area contributed by atoms with Crippen LogP contribution >= 0.6 is 33.9 Å². The van der Waals surface area contributed by atoms with Gasteiger partial charge in [0.25, 0.3) is 0 Å². The molecule has 0 fully saturated rings. The lowest BCUT2D eigenvalue weighted by atomic mass is 10.2. The highest BCUT2D eigenvalue weighted by molar-refractivity contribution is 14.1. The van der Waals surface area contributed by atoms with Crippen LogP contribution in [0.4, 0.5) is 0 Å². The number of aryl methyl sites for hydroxylation is 1. The first-order chi connectivity index (χ1) is 7.72. The van der Waals surface area contributed by atoms with Crippen molar-refractivity contribution in [2.45, 2.75) is 6.92 Å². The van der Waals surface area contributed by atoms with E-state index in [2.05, 4.69) is 75.6 Å². The number of halogens is 1. The van der Waals surface area contributed by atoms with Gasteiger partial charge in [-0.1, -0.05) is 12.1 Å². The molecule has 16 heavy (non-hydrogen) atoms. The van der Waals surface area contributed by atoms with E-state index in [9.17, 15) is 0 Å². The van der Waals surface area contributed by atoms with E-state index in [1.807, 2.05) is 0 Å². The highest BCUT2D eigenvalue weighted by Crippen LogP contribution is 2.23. The molecule has 2 aromatic heterocycles. The zero-order valence-corrected chi connectivity index (χ0v) is 11.6. The van der Waals surface area contributed by atoms with Gasteiger partial charge >= 0.3 is 0 Å². The Balaban J connectivity index is 2.11. The van der Waals surface area contributed by atoms with Crippen molar-refractivity contribution in [1.82, 2.24) is 9.38 Å². The van der Waals surface area contributed by atoms with Crippen LogP contribution in [0.15, 0.2) is 36.7 Å². The molecule has 0 spiro atoms. The number of hydrogen-bond acceptors (Lipinski definition) is 2. The average Bonchev–Trinajstić information content (AvgIpc) is 2.75. The van der Waals surface area contributed by atoms with Crippen LogP contribution in [0.5, 0.6) is 0 Å². The van der Waals surface area contributed by atoms with Gasteiger partial charge in [-0.05, 0) is 41.6 Å². The lowest BCUT2D eigenvalue weighted by Crippen LogP contribution is -1.77. The summed E-state index contributed by atoms with van der Waals surface area (Å²) < 4.78 is 3.34. The maximum atomic E-state index is 4.61. The molecule has 80 valence electrons. The molecular weight excluding hydrogens is 331 g/mol. The first-order valence-electron chi connectivity index (χ1n) is 4.93. The lowest BCUT2D eigenvalue weighted by Gasteiger charge is -1.95. The number of fused-ring (bicyclic) bond motifs is 1. The highest BCUT2D eigenvalue weighted by Gasteiger charge is 2.06. The van der Waals surface area contributed by atoms with Crippen LogP contribution in [0.1, 0.15) is 4.88 Å². The van der Waals surface area contributed by atoms with E-state index in [0.29, 0.717) is 0 Å². The minimum atomic E-state index is 1.04. The number of rotatable bonds is 1. The third-order valence-corrected chi connectivity index (χ3v) is 4.04. The van der Waals surface area contributed by atoms with Crippen molar-refractivity contribution in [3.63, 3.8) is 0 Å². The van der Waals surface area contributed by atoms with Gasteiger partial charge in [0.1, 0.15) is 0 Å². The van der Waals surface area contributed by atoms with Gasteiger partial charge < -0.3 is 0 Å². The Morgan fingerprint density at radius 2 is 1.94 bits per heavy atom. The molecule has 0 bridgehead atoms. The number of thiazole rings is 1. The third-order valence-electron chi connectivity index (χ3n) is 2.41. The highest BCUT2D eigenvalue weighted by atomic mass is 127. The van der Waals surface area contributed by atoms with Gasteiger partial charge in [0.2, 0.25) is 0 Å². The summed E-state index contributed by atoms with van der Waals surface area (Å²) in [6.45, 7) is 2.10. The molecule has 2 heterocycles. The van der Waals surface area contributed by atoms with Crippen molar-refractivity contribution in [2.24, 2.45) is 0 Å². The van der Waals surface area contributed by atoms with Gasteiger partial charge in [0.05, 0.1) is 5.69 Å². The van der Waals surface area contributed by atoms with Crippen LogP contribution in [-0.2, 0) is 0 Å². The molecule has 2 nitrogen and oxygen atoms in total. The molecular formula is C12H9IN2S. The van der Waals surface area contributed by atoms with Gasteiger partial charge in [0.15, 0.2) is 4.96 Å². The summed E-state index contributed by atoms with van der Waals surface area (Å²) >= 11 is 4.03. The van der Waals surface area contributed by atoms with E-state index >= 15 is 0 Å². The van der Waals surface area contributed by atoms with E-state index in [4.69, 9.17) is 0 Å². The van der Waals surface area contributed by atoms with Crippen LogP contribution in [0.25, 0.3) is 16.2 Å². The minimum absolute atomic E-state index is 1.04. The lowest BCUT2D eigenvalue weighted by molar-refractivity contribution is 1.22. The second kappa shape index (κ2) is 3.85. The summed E-state index contributed by atoms with van der Waals surface area (Å²) in [5, 5.41) is 0. The summed E-state index contributed by atoms with van der Waals surface area (Å²) in [7, 11) is 0. The largest absolute Gasteiger partial charge is 0.297 e. The molecule has 0 radical (unpaired) electrons. The molecule has 0 atom stereocenters. The van der Waals surface area contributed by atoms with E-state index in [1.54, 1.807) is 11.3 Å². The third kappa shape index (κ3) is 1.76. The van der Waals surface area contributed by atoms with Crippen molar-refractivity contribution in [3.8, 4) is 11.3 Å². The molecule has 3 aromatic rings. The number of benzene rings is 1. The fourth-order valence-corrected chi connectivity index (χ4v) is 2.84. The number of nitrogens with zero attached hydrogens (tertiary/aromatic N) is 2. The van der Waals surface area contributed by atoms with Crippen LogP contribution in [-0.4, -0.2) is 9.38 Å². The van der Waals surface area contributed by atoms with Gasteiger partial charge in [-0.15, -0.1) is 11.3 Å². The average molecular weight is 340 g/mol. The zero-order chi connectivity index (χ0) is 11.1. The Bertz CT molecular complexity index is 605. The SMILES string of the molecule is Cc1cn2cc(-c3ccc(I)cc3)nc2s1. The molecule has 0 saturated carbocycles. The molecule has 0 aliphatic rings. The molecule has 4 heteroatoms. The Labute approximate surface area is 111 Å².